The Hall–Kier alpha value is -1.71. The van der Waals surface area contributed by atoms with Gasteiger partial charge in [-0.3, -0.25) is 9.89 Å². The third kappa shape index (κ3) is 7.43. The molecule has 0 aliphatic carbocycles. The molecule has 0 bridgehead atoms. The van der Waals surface area contributed by atoms with Crippen molar-refractivity contribution in [2.24, 2.45) is 4.99 Å². The Morgan fingerprint density at radius 1 is 1.19 bits per heavy atom. The van der Waals surface area contributed by atoms with Crippen LogP contribution < -0.4 is 10.6 Å². The first-order valence-electron chi connectivity index (χ1n) is 10.6. The van der Waals surface area contributed by atoms with Gasteiger partial charge in [0.15, 0.2) is 5.96 Å². The topological polar surface area (TPSA) is 48.9 Å². The third-order valence-electron chi connectivity index (χ3n) is 5.79. The molecule has 0 aromatic heterocycles. The van der Waals surface area contributed by atoms with Crippen molar-refractivity contribution in [2.75, 3.05) is 27.2 Å². The first-order valence-corrected chi connectivity index (χ1v) is 10.6. The van der Waals surface area contributed by atoms with Crippen LogP contribution in [0.25, 0.3) is 0 Å². The second kappa shape index (κ2) is 13.0. The van der Waals surface area contributed by atoms with Crippen molar-refractivity contribution in [1.29, 1.82) is 0 Å². The van der Waals surface area contributed by atoms with Gasteiger partial charge in [0.05, 0.1) is 6.61 Å². The number of halogens is 2. The maximum absolute atomic E-state index is 13.8. The molecule has 1 heterocycles. The van der Waals surface area contributed by atoms with Gasteiger partial charge in [-0.15, -0.1) is 24.0 Å². The zero-order valence-electron chi connectivity index (χ0n) is 18.6. The number of aliphatic imine (C=N–C) groups is 1. The van der Waals surface area contributed by atoms with E-state index in [1.165, 1.54) is 11.6 Å². The molecule has 2 aromatic rings. The molecule has 1 aliphatic rings. The van der Waals surface area contributed by atoms with Crippen LogP contribution in [0.3, 0.4) is 0 Å². The minimum absolute atomic E-state index is 0. The van der Waals surface area contributed by atoms with Gasteiger partial charge in [-0.25, -0.2) is 4.39 Å². The molecule has 0 amide bonds. The molecule has 1 atom stereocenters. The fourth-order valence-corrected chi connectivity index (χ4v) is 3.95. The zero-order valence-corrected chi connectivity index (χ0v) is 20.9. The lowest BCUT2D eigenvalue weighted by atomic mass is 10.0. The number of guanidine groups is 1. The van der Waals surface area contributed by atoms with Crippen LogP contribution in [0.1, 0.15) is 42.5 Å². The monoisotopic (exact) mass is 540 g/mol. The van der Waals surface area contributed by atoms with Gasteiger partial charge in [0.25, 0.3) is 0 Å². The largest absolute Gasteiger partial charge is 0.380 e. The van der Waals surface area contributed by atoms with Crippen molar-refractivity contribution in [1.82, 2.24) is 15.5 Å². The average Bonchev–Trinajstić information content (AvgIpc) is 2.79. The van der Waals surface area contributed by atoms with Crippen LogP contribution in [0.5, 0.6) is 0 Å². The van der Waals surface area contributed by atoms with E-state index in [1.807, 2.05) is 6.07 Å². The van der Waals surface area contributed by atoms with E-state index in [-0.39, 0.29) is 36.4 Å². The Morgan fingerprint density at radius 3 is 2.55 bits per heavy atom. The fourth-order valence-electron chi connectivity index (χ4n) is 3.95. The first kappa shape index (κ1) is 25.5. The molecule has 1 aliphatic heterocycles. The Kier molecular flexibility index (Phi) is 10.7. The van der Waals surface area contributed by atoms with E-state index in [0.717, 1.165) is 37.5 Å². The van der Waals surface area contributed by atoms with E-state index < -0.39 is 0 Å². The van der Waals surface area contributed by atoms with Crippen LogP contribution in [0.4, 0.5) is 4.39 Å². The zero-order chi connectivity index (χ0) is 21.3. The number of rotatable bonds is 7. The smallest absolute Gasteiger partial charge is 0.191 e. The molecule has 5 nitrogen and oxygen atoms in total. The summed E-state index contributed by atoms with van der Waals surface area (Å²) < 4.78 is 18.9. The van der Waals surface area contributed by atoms with E-state index in [0.29, 0.717) is 24.2 Å². The molecule has 0 radical (unpaired) electrons. The summed E-state index contributed by atoms with van der Waals surface area (Å²) in [6.07, 6.45) is 2.15. The van der Waals surface area contributed by atoms with Gasteiger partial charge >= 0.3 is 0 Å². The second-order valence-electron chi connectivity index (χ2n) is 7.83. The van der Waals surface area contributed by atoms with Gasteiger partial charge in [0.2, 0.25) is 0 Å². The number of nitrogens with zero attached hydrogens (tertiary/aromatic N) is 2. The van der Waals surface area contributed by atoms with E-state index in [1.54, 1.807) is 20.2 Å². The van der Waals surface area contributed by atoms with Crippen LogP contribution in [-0.2, 0) is 17.9 Å². The Labute approximate surface area is 202 Å². The minimum Gasteiger partial charge on any atom is -0.380 e. The van der Waals surface area contributed by atoms with Crippen LogP contribution in [0.2, 0.25) is 0 Å². The Balaban J connectivity index is 0.00000341. The third-order valence-corrected chi connectivity index (χ3v) is 5.79. The molecule has 2 N–H and O–H groups in total. The van der Waals surface area contributed by atoms with E-state index in [4.69, 9.17) is 4.74 Å². The summed E-state index contributed by atoms with van der Waals surface area (Å²) in [5, 5.41) is 6.88. The number of nitrogens with one attached hydrogen (secondary N) is 2. The first-order chi connectivity index (χ1) is 14.6. The van der Waals surface area contributed by atoms with Crippen LogP contribution in [-0.4, -0.2) is 44.1 Å². The standard InChI is InChI=1S/C24H33FN4O.HI/c1-18(20-7-5-4-6-8-20)29-13-11-22(12-14-29)28-24(26-2)27-16-19-9-10-23(25)21(15-19)17-30-3;/h4-10,15,18,22H,11-14,16-17H2,1-3H3,(H2,26,27,28);1H. The number of hydrogen-bond acceptors (Lipinski definition) is 3. The fraction of sp³-hybridized carbons (Fsp3) is 0.458. The lowest BCUT2D eigenvalue weighted by molar-refractivity contribution is 0.158. The summed E-state index contributed by atoms with van der Waals surface area (Å²) in [4.78, 5) is 6.90. The van der Waals surface area contributed by atoms with Crippen molar-refractivity contribution in [3.8, 4) is 0 Å². The minimum atomic E-state index is -0.236. The molecule has 1 saturated heterocycles. The maximum Gasteiger partial charge on any atom is 0.191 e. The van der Waals surface area contributed by atoms with Crippen molar-refractivity contribution >= 4 is 29.9 Å². The number of ether oxygens (including phenoxy) is 1. The summed E-state index contributed by atoms with van der Waals surface area (Å²) in [7, 11) is 3.35. The quantitative estimate of drug-likeness (QED) is 0.309. The van der Waals surface area contributed by atoms with Gasteiger partial charge < -0.3 is 15.4 Å². The van der Waals surface area contributed by atoms with Gasteiger partial charge in [0, 0.05) is 51.4 Å². The normalized spacial score (nSPS) is 16.5. The van der Waals surface area contributed by atoms with Crippen LogP contribution in [0, 0.1) is 5.82 Å². The highest BCUT2D eigenvalue weighted by Crippen LogP contribution is 2.24. The predicted octanol–water partition coefficient (Wildman–Crippen LogP) is 4.48. The number of benzene rings is 2. The summed E-state index contributed by atoms with van der Waals surface area (Å²) in [6.45, 7) is 5.25. The molecule has 1 fully saturated rings. The second-order valence-corrected chi connectivity index (χ2v) is 7.83. The Morgan fingerprint density at radius 2 is 1.90 bits per heavy atom. The predicted molar refractivity (Wildman–Crippen MR) is 135 cm³/mol. The van der Waals surface area contributed by atoms with Gasteiger partial charge in [-0.05, 0) is 43.0 Å². The number of hydrogen-bond donors (Lipinski definition) is 2. The lowest BCUT2D eigenvalue weighted by Gasteiger charge is -2.37. The highest BCUT2D eigenvalue weighted by Gasteiger charge is 2.24. The van der Waals surface area contributed by atoms with E-state index in [2.05, 4.69) is 57.8 Å². The molecule has 3 rings (SSSR count). The number of piperidine rings is 1. The molecular formula is C24H34FIN4O. The molecular weight excluding hydrogens is 506 g/mol. The molecule has 31 heavy (non-hydrogen) atoms. The summed E-state index contributed by atoms with van der Waals surface area (Å²) in [5.41, 5.74) is 2.94. The molecule has 7 heteroatoms. The van der Waals surface area contributed by atoms with Crippen molar-refractivity contribution in [3.05, 3.63) is 71.0 Å². The van der Waals surface area contributed by atoms with Gasteiger partial charge in [-0.1, -0.05) is 36.4 Å². The highest BCUT2D eigenvalue weighted by molar-refractivity contribution is 14.0. The van der Waals surface area contributed by atoms with E-state index in [9.17, 15) is 4.39 Å². The summed E-state index contributed by atoms with van der Waals surface area (Å²) in [5.74, 6) is 0.543. The van der Waals surface area contributed by atoms with Crippen molar-refractivity contribution < 1.29 is 9.13 Å². The number of likely N-dealkylation sites (tertiary alicyclic amines) is 1. The number of methoxy groups -OCH3 is 1. The summed E-state index contributed by atoms with van der Waals surface area (Å²) in [6, 6.07) is 16.6. The summed E-state index contributed by atoms with van der Waals surface area (Å²) >= 11 is 0. The SMILES string of the molecule is CN=C(NCc1ccc(F)c(COC)c1)NC1CCN(C(C)c2ccccc2)CC1.I. The maximum atomic E-state index is 13.8. The van der Waals surface area contributed by atoms with Crippen molar-refractivity contribution in [2.45, 2.75) is 45.0 Å². The molecule has 0 saturated carbocycles. The Bertz CT molecular complexity index is 826. The van der Waals surface area contributed by atoms with Gasteiger partial charge in [-0.2, -0.15) is 0 Å². The molecule has 170 valence electrons. The molecule has 2 aromatic carbocycles. The highest BCUT2D eigenvalue weighted by atomic mass is 127. The van der Waals surface area contributed by atoms with Gasteiger partial charge in [0.1, 0.15) is 5.82 Å². The average molecular weight is 540 g/mol. The molecule has 0 spiro atoms. The lowest BCUT2D eigenvalue weighted by Crippen LogP contribution is -2.48. The van der Waals surface area contributed by atoms with E-state index >= 15 is 0 Å². The molecule has 1 unspecified atom stereocenters. The van der Waals surface area contributed by atoms with Crippen LogP contribution in [0.15, 0.2) is 53.5 Å². The van der Waals surface area contributed by atoms with Crippen LogP contribution >= 0.6 is 24.0 Å². The van der Waals surface area contributed by atoms with Crippen molar-refractivity contribution in [3.63, 3.8) is 0 Å².